The highest BCUT2D eigenvalue weighted by Gasteiger charge is 2.48. The van der Waals surface area contributed by atoms with Gasteiger partial charge in [0, 0.05) is 11.6 Å². The Morgan fingerprint density at radius 1 is 1.33 bits per heavy atom. The number of rotatable bonds is 2. The monoisotopic (exact) mass is 171 g/mol. The van der Waals surface area contributed by atoms with E-state index in [0.29, 0.717) is 6.04 Å². The summed E-state index contributed by atoms with van der Waals surface area (Å²) < 4.78 is 0. The summed E-state index contributed by atoms with van der Waals surface area (Å²) >= 11 is 0. The van der Waals surface area contributed by atoms with Gasteiger partial charge in [-0.15, -0.1) is 0 Å². The summed E-state index contributed by atoms with van der Waals surface area (Å²) in [5.41, 5.74) is 0.0490. The Labute approximate surface area is 73.0 Å². The third kappa shape index (κ3) is 1.00. The Bertz CT molecular complexity index is 174. The van der Waals surface area contributed by atoms with Crippen molar-refractivity contribution in [3.05, 3.63) is 0 Å². The van der Waals surface area contributed by atoms with Crippen molar-refractivity contribution in [2.24, 2.45) is 0 Å². The maximum Gasteiger partial charge on any atom is 0.0615 e. The maximum atomic E-state index is 9.32. The van der Waals surface area contributed by atoms with E-state index in [9.17, 15) is 5.11 Å². The molecule has 0 unspecified atom stereocenters. The number of aliphatic hydroxyl groups is 2. The third-order valence-electron chi connectivity index (χ3n) is 3.54. The van der Waals surface area contributed by atoms with E-state index in [1.807, 2.05) is 0 Å². The lowest BCUT2D eigenvalue weighted by molar-refractivity contribution is 0.0590. The molecule has 12 heavy (non-hydrogen) atoms. The average molecular weight is 171 g/mol. The summed E-state index contributed by atoms with van der Waals surface area (Å²) in [5, 5.41) is 18.4. The highest BCUT2D eigenvalue weighted by Crippen LogP contribution is 2.41. The summed E-state index contributed by atoms with van der Waals surface area (Å²) in [7, 11) is 0. The standard InChI is InChI=1S/C9H17NO2/c11-6-8-2-4-9(7-12)3-1-5-10(8)9/h8,11-12H,1-7H2/t8-,9-/m1/s1. The first-order chi connectivity index (χ1) is 5.82. The van der Waals surface area contributed by atoms with E-state index < -0.39 is 0 Å². The summed E-state index contributed by atoms with van der Waals surface area (Å²) in [6, 6.07) is 0.319. The van der Waals surface area contributed by atoms with Crippen LogP contribution in [-0.2, 0) is 0 Å². The summed E-state index contributed by atoms with van der Waals surface area (Å²) in [4.78, 5) is 2.31. The zero-order valence-corrected chi connectivity index (χ0v) is 7.37. The van der Waals surface area contributed by atoms with Crippen LogP contribution in [0.3, 0.4) is 0 Å². The number of nitrogens with zero attached hydrogens (tertiary/aromatic N) is 1. The average Bonchev–Trinajstić information content (AvgIpc) is 2.61. The number of aliphatic hydroxyl groups excluding tert-OH is 2. The fraction of sp³-hybridized carbons (Fsp3) is 1.00. The van der Waals surface area contributed by atoms with E-state index in [-0.39, 0.29) is 18.8 Å². The van der Waals surface area contributed by atoms with Crippen LogP contribution in [0.2, 0.25) is 0 Å². The second kappa shape index (κ2) is 2.98. The van der Waals surface area contributed by atoms with Gasteiger partial charge in [0.25, 0.3) is 0 Å². The summed E-state index contributed by atoms with van der Waals surface area (Å²) in [5.74, 6) is 0. The van der Waals surface area contributed by atoms with Gasteiger partial charge < -0.3 is 10.2 Å². The molecule has 70 valence electrons. The van der Waals surface area contributed by atoms with Crippen molar-refractivity contribution in [2.75, 3.05) is 19.8 Å². The van der Waals surface area contributed by atoms with Gasteiger partial charge in [0.05, 0.1) is 13.2 Å². The second-order valence-electron chi connectivity index (χ2n) is 4.05. The molecule has 0 saturated carbocycles. The zero-order valence-electron chi connectivity index (χ0n) is 7.37. The molecule has 2 aliphatic heterocycles. The molecule has 2 heterocycles. The van der Waals surface area contributed by atoms with Crippen LogP contribution >= 0.6 is 0 Å². The molecule has 0 aromatic carbocycles. The van der Waals surface area contributed by atoms with Gasteiger partial charge in [0.1, 0.15) is 0 Å². The minimum absolute atomic E-state index is 0.0490. The molecule has 0 aromatic heterocycles. The lowest BCUT2D eigenvalue weighted by Gasteiger charge is -2.32. The first kappa shape index (κ1) is 8.48. The van der Waals surface area contributed by atoms with E-state index in [4.69, 9.17) is 5.11 Å². The molecule has 0 aliphatic carbocycles. The first-order valence-electron chi connectivity index (χ1n) is 4.81. The number of hydrogen-bond acceptors (Lipinski definition) is 3. The fourth-order valence-corrected chi connectivity index (χ4v) is 2.83. The van der Waals surface area contributed by atoms with Crippen LogP contribution in [0.5, 0.6) is 0 Å². The van der Waals surface area contributed by atoms with Gasteiger partial charge in [0.15, 0.2) is 0 Å². The number of fused-ring (bicyclic) bond motifs is 1. The van der Waals surface area contributed by atoms with Crippen molar-refractivity contribution in [1.82, 2.24) is 4.90 Å². The van der Waals surface area contributed by atoms with Gasteiger partial charge in [-0.05, 0) is 32.2 Å². The molecule has 3 nitrogen and oxygen atoms in total. The predicted octanol–water partition coefficient (Wildman–Crippen LogP) is -0.0320. The molecule has 2 N–H and O–H groups in total. The normalized spacial score (nSPS) is 42.0. The Balaban J connectivity index is 2.14. The Hall–Kier alpha value is -0.120. The van der Waals surface area contributed by atoms with Crippen molar-refractivity contribution >= 4 is 0 Å². The smallest absolute Gasteiger partial charge is 0.0615 e. The molecule has 0 radical (unpaired) electrons. The highest BCUT2D eigenvalue weighted by molar-refractivity contribution is 5.03. The molecule has 0 aromatic rings. The maximum absolute atomic E-state index is 9.32. The summed E-state index contributed by atoms with van der Waals surface area (Å²) in [6.07, 6.45) is 4.41. The SMILES string of the molecule is OC[C@H]1CC[C@@]2(CO)CCCN12. The predicted molar refractivity (Wildman–Crippen MR) is 45.9 cm³/mol. The van der Waals surface area contributed by atoms with Crippen LogP contribution in [0.15, 0.2) is 0 Å². The Morgan fingerprint density at radius 3 is 2.83 bits per heavy atom. The molecule has 3 heteroatoms. The van der Waals surface area contributed by atoms with E-state index in [1.165, 1.54) is 6.42 Å². The van der Waals surface area contributed by atoms with Crippen molar-refractivity contribution in [1.29, 1.82) is 0 Å². The fourth-order valence-electron chi connectivity index (χ4n) is 2.83. The lowest BCUT2D eigenvalue weighted by Crippen LogP contribution is -2.46. The Morgan fingerprint density at radius 2 is 2.17 bits per heavy atom. The molecular weight excluding hydrogens is 154 g/mol. The molecule has 2 fully saturated rings. The van der Waals surface area contributed by atoms with Crippen LogP contribution < -0.4 is 0 Å². The lowest BCUT2D eigenvalue weighted by atomic mass is 9.95. The largest absolute Gasteiger partial charge is 0.395 e. The molecule has 2 saturated heterocycles. The van der Waals surface area contributed by atoms with Gasteiger partial charge >= 0.3 is 0 Å². The topological polar surface area (TPSA) is 43.7 Å². The molecular formula is C9H17NO2. The molecule has 2 rings (SSSR count). The minimum Gasteiger partial charge on any atom is -0.395 e. The van der Waals surface area contributed by atoms with E-state index >= 15 is 0 Å². The zero-order chi connectivity index (χ0) is 8.60. The van der Waals surface area contributed by atoms with Crippen molar-refractivity contribution < 1.29 is 10.2 Å². The molecule has 2 atom stereocenters. The summed E-state index contributed by atoms with van der Waals surface area (Å²) in [6.45, 7) is 1.58. The van der Waals surface area contributed by atoms with Crippen LogP contribution in [0.4, 0.5) is 0 Å². The van der Waals surface area contributed by atoms with Crippen molar-refractivity contribution in [3.8, 4) is 0 Å². The first-order valence-corrected chi connectivity index (χ1v) is 4.81. The highest BCUT2D eigenvalue weighted by atomic mass is 16.3. The minimum atomic E-state index is 0.0490. The van der Waals surface area contributed by atoms with E-state index in [2.05, 4.69) is 4.90 Å². The van der Waals surface area contributed by atoms with Crippen molar-refractivity contribution in [2.45, 2.75) is 37.3 Å². The van der Waals surface area contributed by atoms with Crippen LogP contribution in [-0.4, -0.2) is 46.5 Å². The Kier molecular flexibility index (Phi) is 2.10. The molecule has 0 amide bonds. The quantitative estimate of drug-likeness (QED) is 0.613. The van der Waals surface area contributed by atoms with E-state index in [0.717, 1.165) is 25.8 Å². The molecule has 0 bridgehead atoms. The number of hydrogen-bond donors (Lipinski definition) is 2. The van der Waals surface area contributed by atoms with Crippen molar-refractivity contribution in [3.63, 3.8) is 0 Å². The van der Waals surface area contributed by atoms with Gasteiger partial charge in [0.2, 0.25) is 0 Å². The van der Waals surface area contributed by atoms with Gasteiger partial charge in [-0.2, -0.15) is 0 Å². The van der Waals surface area contributed by atoms with Gasteiger partial charge in [-0.25, -0.2) is 0 Å². The molecule has 2 aliphatic rings. The third-order valence-corrected chi connectivity index (χ3v) is 3.54. The van der Waals surface area contributed by atoms with Gasteiger partial charge in [-0.3, -0.25) is 4.90 Å². The van der Waals surface area contributed by atoms with Crippen LogP contribution in [0, 0.1) is 0 Å². The van der Waals surface area contributed by atoms with E-state index in [1.54, 1.807) is 0 Å². The van der Waals surface area contributed by atoms with Crippen LogP contribution in [0.25, 0.3) is 0 Å². The second-order valence-corrected chi connectivity index (χ2v) is 4.05. The van der Waals surface area contributed by atoms with Crippen LogP contribution in [0.1, 0.15) is 25.7 Å². The van der Waals surface area contributed by atoms with Gasteiger partial charge in [-0.1, -0.05) is 0 Å². The molecule has 0 spiro atoms.